The van der Waals surface area contributed by atoms with E-state index in [-0.39, 0.29) is 0 Å². The van der Waals surface area contributed by atoms with Crippen LogP contribution >= 0.6 is 0 Å². The topological polar surface area (TPSA) is 50.3 Å². The Hall–Kier alpha value is -12.0. The van der Waals surface area contributed by atoms with Crippen LogP contribution in [0.25, 0.3) is 93.6 Å². The van der Waals surface area contributed by atoms with Crippen LogP contribution in [0.1, 0.15) is 0 Å². The summed E-state index contributed by atoms with van der Waals surface area (Å²) in [6.07, 6.45) is 0. The number of fused-ring (bicyclic) bond motifs is 10. The van der Waals surface area contributed by atoms with Gasteiger partial charge in [0, 0.05) is 94.6 Å². The van der Waals surface area contributed by atoms with Gasteiger partial charge in [0.2, 0.25) is 5.95 Å². The number of hydrogen-bond donors (Lipinski definition) is 0. The summed E-state index contributed by atoms with van der Waals surface area (Å²) in [5.41, 5.74) is 17.5. The molecule has 4 heterocycles. The van der Waals surface area contributed by atoms with Gasteiger partial charge in [0.15, 0.2) is 5.82 Å². The Kier molecular flexibility index (Phi) is 12.0. The molecular formula is C80H54N8. The Balaban J connectivity index is 0.928. The maximum Gasteiger partial charge on any atom is 0.237 e. The van der Waals surface area contributed by atoms with Crippen LogP contribution in [0.4, 0.5) is 51.3 Å². The molecule has 0 unspecified atom stereocenters. The van der Waals surface area contributed by atoms with Crippen molar-refractivity contribution in [3.05, 3.63) is 328 Å². The monoisotopic (exact) mass is 1130 g/mol. The van der Waals surface area contributed by atoms with Crippen molar-refractivity contribution in [3.8, 4) is 17.3 Å². The van der Waals surface area contributed by atoms with Crippen molar-refractivity contribution >= 4 is 128 Å². The number of anilines is 9. The Morgan fingerprint density at radius 1 is 0.205 bits per heavy atom. The second-order valence-corrected chi connectivity index (χ2v) is 22.2. The molecule has 4 aromatic heterocycles. The first-order valence-electron chi connectivity index (χ1n) is 29.8. The molecule has 88 heavy (non-hydrogen) atoms. The van der Waals surface area contributed by atoms with Crippen LogP contribution in [-0.4, -0.2) is 23.7 Å². The van der Waals surface area contributed by atoms with Gasteiger partial charge in [-0.15, -0.1) is 0 Å². The summed E-state index contributed by atoms with van der Waals surface area (Å²) in [6, 6.07) is 117. The Labute approximate surface area is 508 Å². The lowest BCUT2D eigenvalue weighted by Gasteiger charge is -2.28. The first kappa shape index (κ1) is 50.5. The molecule has 0 aliphatic carbocycles. The van der Waals surface area contributed by atoms with E-state index in [2.05, 4.69) is 356 Å². The smallest absolute Gasteiger partial charge is 0.237 e. The largest absolute Gasteiger partial charge is 0.310 e. The molecule has 0 radical (unpaired) electrons. The highest BCUT2D eigenvalue weighted by Crippen LogP contribution is 2.46. The van der Waals surface area contributed by atoms with Crippen LogP contribution < -0.4 is 14.7 Å². The first-order chi connectivity index (χ1) is 43.7. The maximum absolute atomic E-state index is 5.95. The molecule has 0 N–H and O–H groups in total. The number of benzene rings is 13. The van der Waals surface area contributed by atoms with Gasteiger partial charge in [-0.05, 0) is 152 Å². The minimum atomic E-state index is 0.552. The lowest BCUT2D eigenvalue weighted by Crippen LogP contribution is -2.15. The zero-order chi connectivity index (χ0) is 58.1. The number of hydrogen-bond acceptors (Lipinski definition) is 5. The SMILES string of the molecule is c1ccc(N(c2ccccc2)c2ccc3c(c2)c2ccccc2n3-c2nc(N(c3ccccc3)c3ccc4c5ccccc5n(-c5ccccc5)c4c3)c3cc(N(c4ccccc4)c4ccc5c6ccccc6n(-c6ccccc6)c5c4)ccc3n2)cc1. The molecule has 0 aliphatic rings. The average Bonchev–Trinajstić information content (AvgIpc) is 2.05. The Morgan fingerprint density at radius 2 is 0.534 bits per heavy atom. The van der Waals surface area contributed by atoms with Gasteiger partial charge in [-0.2, -0.15) is 4.98 Å². The van der Waals surface area contributed by atoms with Gasteiger partial charge in [-0.3, -0.25) is 9.47 Å². The third kappa shape index (κ3) is 8.37. The van der Waals surface area contributed by atoms with Crippen molar-refractivity contribution < 1.29 is 0 Å². The summed E-state index contributed by atoms with van der Waals surface area (Å²) < 4.78 is 7.01. The maximum atomic E-state index is 5.95. The summed E-state index contributed by atoms with van der Waals surface area (Å²) in [7, 11) is 0. The van der Waals surface area contributed by atoms with Crippen LogP contribution in [0.2, 0.25) is 0 Å². The second kappa shape index (κ2) is 21.0. The predicted octanol–water partition coefficient (Wildman–Crippen LogP) is 21.3. The molecule has 0 saturated carbocycles. The molecule has 0 aliphatic heterocycles. The molecule has 17 rings (SSSR count). The van der Waals surface area contributed by atoms with Crippen molar-refractivity contribution in [2.45, 2.75) is 0 Å². The van der Waals surface area contributed by atoms with E-state index in [1.54, 1.807) is 0 Å². The van der Waals surface area contributed by atoms with Gasteiger partial charge in [0.25, 0.3) is 0 Å². The number of para-hydroxylation sites is 9. The van der Waals surface area contributed by atoms with Gasteiger partial charge < -0.3 is 18.9 Å². The molecular weight excluding hydrogens is 1070 g/mol. The summed E-state index contributed by atoms with van der Waals surface area (Å²) in [5, 5.41) is 7.80. The highest BCUT2D eigenvalue weighted by molar-refractivity contribution is 6.13. The molecule has 17 aromatic rings. The first-order valence-corrected chi connectivity index (χ1v) is 29.8. The van der Waals surface area contributed by atoms with Crippen molar-refractivity contribution in [1.82, 2.24) is 23.7 Å². The van der Waals surface area contributed by atoms with Crippen LogP contribution in [0.3, 0.4) is 0 Å². The molecule has 8 heteroatoms. The molecule has 0 spiro atoms. The van der Waals surface area contributed by atoms with Crippen LogP contribution in [0.15, 0.2) is 328 Å². The standard InChI is InChI=1S/C80H54N8/c1-7-25-55(26-8-1)83(56-27-9-2-10-28-56)62-46-50-76-70(51-62)67-39-21-24-42-75(67)88(76)80-81-72-49-45-61(84(57-29-11-3-12-30-57)63-43-47-68-65-37-19-22-40-73(65)86(77(68)53-63)59-33-15-5-16-34-59)52-71(72)79(82-80)85(58-31-13-4-14-32-58)64-44-48-69-66-38-20-23-41-74(66)87(78(69)54-64)60-35-17-6-18-36-60/h1-54H. The molecule has 0 atom stereocenters. The van der Waals surface area contributed by atoms with Crippen molar-refractivity contribution in [2.24, 2.45) is 0 Å². The molecule has 0 fully saturated rings. The molecule has 0 bridgehead atoms. The molecule has 414 valence electrons. The van der Waals surface area contributed by atoms with E-state index in [1.165, 1.54) is 16.2 Å². The van der Waals surface area contributed by atoms with E-state index in [1.807, 2.05) is 0 Å². The summed E-state index contributed by atoms with van der Waals surface area (Å²) in [6.45, 7) is 0. The van der Waals surface area contributed by atoms with Gasteiger partial charge in [0.05, 0.1) is 38.6 Å². The van der Waals surface area contributed by atoms with Crippen molar-refractivity contribution in [1.29, 1.82) is 0 Å². The Morgan fingerprint density at radius 3 is 1.02 bits per heavy atom. The number of nitrogens with zero attached hydrogens (tertiary/aromatic N) is 8. The molecule has 13 aromatic carbocycles. The van der Waals surface area contributed by atoms with Crippen LogP contribution in [0.5, 0.6) is 0 Å². The van der Waals surface area contributed by atoms with Crippen LogP contribution in [0, 0.1) is 0 Å². The Bertz CT molecular complexity index is 5410. The summed E-state index contributed by atoms with van der Waals surface area (Å²) in [4.78, 5) is 18.6. The highest BCUT2D eigenvalue weighted by Gasteiger charge is 2.26. The van der Waals surface area contributed by atoms with Gasteiger partial charge >= 0.3 is 0 Å². The fourth-order valence-corrected chi connectivity index (χ4v) is 13.3. The zero-order valence-electron chi connectivity index (χ0n) is 47.8. The van der Waals surface area contributed by atoms with Crippen molar-refractivity contribution in [3.63, 3.8) is 0 Å². The van der Waals surface area contributed by atoms with E-state index in [4.69, 9.17) is 9.97 Å². The number of rotatable bonds is 12. The van der Waals surface area contributed by atoms with Gasteiger partial charge in [-0.25, -0.2) is 4.98 Å². The number of aromatic nitrogens is 5. The molecule has 8 nitrogen and oxygen atoms in total. The van der Waals surface area contributed by atoms with E-state index in [0.717, 1.165) is 123 Å². The van der Waals surface area contributed by atoms with E-state index < -0.39 is 0 Å². The van der Waals surface area contributed by atoms with Gasteiger partial charge in [-0.1, -0.05) is 176 Å². The average molecular weight is 1130 g/mol. The van der Waals surface area contributed by atoms with Gasteiger partial charge in [0.1, 0.15) is 0 Å². The van der Waals surface area contributed by atoms with Crippen molar-refractivity contribution in [2.75, 3.05) is 14.7 Å². The van der Waals surface area contributed by atoms with E-state index in [9.17, 15) is 0 Å². The highest BCUT2D eigenvalue weighted by atomic mass is 15.3. The minimum absolute atomic E-state index is 0.552. The fraction of sp³-hybridized carbons (Fsp3) is 0. The summed E-state index contributed by atoms with van der Waals surface area (Å²) >= 11 is 0. The van der Waals surface area contributed by atoms with Crippen LogP contribution in [-0.2, 0) is 0 Å². The third-order valence-electron chi connectivity index (χ3n) is 17.1. The summed E-state index contributed by atoms with van der Waals surface area (Å²) in [5.74, 6) is 1.28. The van der Waals surface area contributed by atoms with E-state index in [0.29, 0.717) is 5.95 Å². The minimum Gasteiger partial charge on any atom is -0.310 e. The fourth-order valence-electron chi connectivity index (χ4n) is 13.3. The second-order valence-electron chi connectivity index (χ2n) is 22.2. The molecule has 0 saturated heterocycles. The third-order valence-corrected chi connectivity index (χ3v) is 17.1. The lowest BCUT2D eigenvalue weighted by molar-refractivity contribution is 1.000. The molecule has 0 amide bonds. The zero-order valence-corrected chi connectivity index (χ0v) is 47.8. The lowest BCUT2D eigenvalue weighted by atomic mass is 10.1. The quantitative estimate of drug-likeness (QED) is 0.122. The normalized spacial score (nSPS) is 11.6. The van der Waals surface area contributed by atoms with E-state index >= 15 is 0 Å². The predicted molar refractivity (Wildman–Crippen MR) is 367 cm³/mol.